The molecular weight excluding hydrogens is 428 g/mol. The van der Waals surface area contributed by atoms with Gasteiger partial charge in [-0.25, -0.2) is 14.8 Å². The number of carbonyl (C=O) groups excluding carboxylic acids is 1. The van der Waals surface area contributed by atoms with Crippen LogP contribution in [0.3, 0.4) is 0 Å². The van der Waals surface area contributed by atoms with Crippen LogP contribution in [0.4, 0.5) is 16.3 Å². The Morgan fingerprint density at radius 1 is 1.03 bits per heavy atom. The van der Waals surface area contributed by atoms with Crippen molar-refractivity contribution in [3.8, 4) is 11.8 Å². The molecule has 0 atom stereocenters. The van der Waals surface area contributed by atoms with Gasteiger partial charge in [0.05, 0.1) is 18.7 Å². The highest BCUT2D eigenvalue weighted by molar-refractivity contribution is 5.89. The van der Waals surface area contributed by atoms with Crippen LogP contribution in [0.2, 0.25) is 0 Å². The molecule has 0 aliphatic carbocycles. The Bertz CT molecular complexity index is 1190. The van der Waals surface area contributed by atoms with Crippen LogP contribution < -0.4 is 15.0 Å². The van der Waals surface area contributed by atoms with Gasteiger partial charge in [0.25, 0.3) is 0 Å². The second-order valence-electron chi connectivity index (χ2n) is 8.28. The molecule has 34 heavy (non-hydrogen) atoms. The normalized spacial score (nSPS) is 13.4. The number of anilines is 2. The summed E-state index contributed by atoms with van der Waals surface area (Å²) in [6, 6.07) is 16.9. The molecule has 0 radical (unpaired) electrons. The fourth-order valence-corrected chi connectivity index (χ4v) is 4.09. The summed E-state index contributed by atoms with van der Waals surface area (Å²) in [4.78, 5) is 26.2. The van der Waals surface area contributed by atoms with Crippen LogP contribution in [-0.4, -0.2) is 54.2 Å². The van der Waals surface area contributed by atoms with Crippen LogP contribution in [0.25, 0.3) is 0 Å². The SMILES string of the molecule is COc1ccc(Cc2c(C)nc(C)nc2N2CCN(C(=O)Nc3ccc(C#N)cc3)CC2)cc1. The second-order valence-corrected chi connectivity index (χ2v) is 8.28. The van der Waals surface area contributed by atoms with Crippen molar-refractivity contribution in [3.05, 3.63) is 76.7 Å². The second kappa shape index (κ2) is 10.2. The van der Waals surface area contributed by atoms with E-state index < -0.39 is 0 Å². The standard InChI is InChI=1S/C26H28N6O2/c1-18-24(16-20-6-10-23(34-3)11-7-20)25(29-19(2)28-18)31-12-14-32(15-13-31)26(33)30-22-8-4-21(17-27)5-9-22/h4-11H,12-16H2,1-3H3,(H,30,33). The van der Waals surface area contributed by atoms with Crippen LogP contribution >= 0.6 is 0 Å². The van der Waals surface area contributed by atoms with Gasteiger partial charge in [0, 0.05) is 49.5 Å². The number of methoxy groups -OCH3 is 1. The highest BCUT2D eigenvalue weighted by Gasteiger charge is 2.25. The zero-order chi connectivity index (χ0) is 24.1. The Kier molecular flexibility index (Phi) is 6.93. The molecule has 1 aromatic heterocycles. The van der Waals surface area contributed by atoms with Crippen LogP contribution in [0.5, 0.6) is 5.75 Å². The van der Waals surface area contributed by atoms with E-state index in [0.717, 1.165) is 40.6 Å². The van der Waals surface area contributed by atoms with E-state index in [9.17, 15) is 4.79 Å². The molecule has 2 amide bonds. The maximum absolute atomic E-state index is 12.7. The molecule has 1 aliphatic heterocycles. The van der Waals surface area contributed by atoms with Crippen molar-refractivity contribution in [2.45, 2.75) is 20.3 Å². The molecular formula is C26H28N6O2. The number of urea groups is 1. The lowest BCUT2D eigenvalue weighted by atomic mass is 10.0. The molecule has 0 spiro atoms. The van der Waals surface area contributed by atoms with Gasteiger partial charge in [0.2, 0.25) is 0 Å². The molecule has 4 rings (SSSR count). The number of piperazine rings is 1. The quantitative estimate of drug-likeness (QED) is 0.625. The number of rotatable bonds is 5. The van der Waals surface area contributed by atoms with Crippen LogP contribution in [-0.2, 0) is 6.42 Å². The predicted octanol–water partition coefficient (Wildman–Crippen LogP) is 3.92. The molecule has 0 unspecified atom stereocenters. The molecule has 3 aromatic rings. The lowest BCUT2D eigenvalue weighted by molar-refractivity contribution is 0.208. The number of nitrogens with one attached hydrogen (secondary N) is 1. The van der Waals surface area contributed by atoms with E-state index >= 15 is 0 Å². The summed E-state index contributed by atoms with van der Waals surface area (Å²) < 4.78 is 5.27. The minimum absolute atomic E-state index is 0.141. The maximum atomic E-state index is 12.7. The molecule has 2 aromatic carbocycles. The van der Waals surface area contributed by atoms with Crippen LogP contribution in [0.1, 0.15) is 28.2 Å². The Hall–Kier alpha value is -4.12. The molecule has 174 valence electrons. The lowest BCUT2D eigenvalue weighted by Gasteiger charge is -2.36. The minimum atomic E-state index is -0.141. The first-order valence-electron chi connectivity index (χ1n) is 11.2. The number of hydrogen-bond donors (Lipinski definition) is 1. The summed E-state index contributed by atoms with van der Waals surface area (Å²) in [7, 11) is 1.66. The first kappa shape index (κ1) is 23.1. The lowest BCUT2D eigenvalue weighted by Crippen LogP contribution is -2.50. The highest BCUT2D eigenvalue weighted by atomic mass is 16.5. The van der Waals surface area contributed by atoms with Gasteiger partial charge in [-0.1, -0.05) is 12.1 Å². The number of aryl methyl sites for hydroxylation is 2. The number of hydrogen-bond acceptors (Lipinski definition) is 6. The van der Waals surface area contributed by atoms with Crippen molar-refractivity contribution >= 4 is 17.5 Å². The highest BCUT2D eigenvalue weighted by Crippen LogP contribution is 2.26. The average molecular weight is 457 g/mol. The molecule has 2 heterocycles. The van der Waals surface area contributed by atoms with Crippen LogP contribution in [0, 0.1) is 25.2 Å². The number of nitrogens with zero attached hydrogens (tertiary/aromatic N) is 5. The summed E-state index contributed by atoms with van der Waals surface area (Å²) in [5.41, 5.74) is 4.48. The Balaban J connectivity index is 1.44. The van der Waals surface area contributed by atoms with Crippen molar-refractivity contribution in [2.75, 3.05) is 43.5 Å². The van der Waals surface area contributed by atoms with Crippen molar-refractivity contribution in [2.24, 2.45) is 0 Å². The van der Waals surface area contributed by atoms with Gasteiger partial charge in [-0.3, -0.25) is 0 Å². The van der Waals surface area contributed by atoms with E-state index in [1.807, 2.05) is 26.0 Å². The summed E-state index contributed by atoms with van der Waals surface area (Å²) in [5.74, 6) is 2.51. The van der Waals surface area contributed by atoms with Crippen molar-refractivity contribution < 1.29 is 9.53 Å². The topological polar surface area (TPSA) is 94.4 Å². The zero-order valence-corrected chi connectivity index (χ0v) is 19.7. The van der Waals surface area contributed by atoms with E-state index in [1.54, 1.807) is 36.3 Å². The maximum Gasteiger partial charge on any atom is 0.321 e. The van der Waals surface area contributed by atoms with Gasteiger partial charge in [-0.15, -0.1) is 0 Å². The largest absolute Gasteiger partial charge is 0.497 e. The average Bonchev–Trinajstić information content (AvgIpc) is 2.86. The Labute approximate surface area is 199 Å². The summed E-state index contributed by atoms with van der Waals surface area (Å²) in [6.07, 6.45) is 0.727. The molecule has 1 fully saturated rings. The molecule has 0 saturated carbocycles. The molecule has 8 nitrogen and oxygen atoms in total. The minimum Gasteiger partial charge on any atom is -0.497 e. The van der Waals surface area contributed by atoms with Gasteiger partial charge in [-0.2, -0.15) is 5.26 Å². The van der Waals surface area contributed by atoms with E-state index in [2.05, 4.69) is 33.4 Å². The number of amides is 2. The fraction of sp³-hybridized carbons (Fsp3) is 0.308. The smallest absolute Gasteiger partial charge is 0.321 e. The number of ether oxygens (including phenoxy) is 1. The fourth-order valence-electron chi connectivity index (χ4n) is 4.09. The summed E-state index contributed by atoms with van der Waals surface area (Å²) in [5, 5.41) is 11.8. The monoisotopic (exact) mass is 456 g/mol. The first-order chi connectivity index (χ1) is 16.5. The number of benzene rings is 2. The Morgan fingerprint density at radius 3 is 2.32 bits per heavy atom. The number of carbonyl (C=O) groups is 1. The van der Waals surface area contributed by atoms with E-state index in [1.165, 1.54) is 0 Å². The van der Waals surface area contributed by atoms with Gasteiger partial charge in [0.15, 0.2) is 0 Å². The molecule has 1 aliphatic rings. The Morgan fingerprint density at radius 2 is 1.71 bits per heavy atom. The first-order valence-corrected chi connectivity index (χ1v) is 11.2. The van der Waals surface area contributed by atoms with Crippen LogP contribution in [0.15, 0.2) is 48.5 Å². The zero-order valence-electron chi connectivity index (χ0n) is 19.7. The van der Waals surface area contributed by atoms with Crippen molar-refractivity contribution in [1.29, 1.82) is 5.26 Å². The third kappa shape index (κ3) is 5.26. The molecule has 1 saturated heterocycles. The third-order valence-corrected chi connectivity index (χ3v) is 5.98. The van der Waals surface area contributed by atoms with Gasteiger partial charge in [-0.05, 0) is 55.8 Å². The molecule has 8 heteroatoms. The summed E-state index contributed by atoms with van der Waals surface area (Å²) >= 11 is 0. The van der Waals surface area contributed by atoms with E-state index in [4.69, 9.17) is 15.0 Å². The predicted molar refractivity (Wildman–Crippen MR) is 131 cm³/mol. The summed E-state index contributed by atoms with van der Waals surface area (Å²) in [6.45, 7) is 6.49. The van der Waals surface area contributed by atoms with E-state index in [-0.39, 0.29) is 6.03 Å². The molecule has 1 N–H and O–H groups in total. The van der Waals surface area contributed by atoms with Crippen molar-refractivity contribution in [1.82, 2.24) is 14.9 Å². The van der Waals surface area contributed by atoms with Gasteiger partial charge >= 0.3 is 6.03 Å². The number of nitriles is 1. The van der Waals surface area contributed by atoms with E-state index in [0.29, 0.717) is 37.4 Å². The van der Waals surface area contributed by atoms with Crippen molar-refractivity contribution in [3.63, 3.8) is 0 Å². The van der Waals surface area contributed by atoms with Gasteiger partial charge in [0.1, 0.15) is 17.4 Å². The molecule has 0 bridgehead atoms. The van der Waals surface area contributed by atoms with Gasteiger partial charge < -0.3 is 19.9 Å². The number of aromatic nitrogens is 2. The third-order valence-electron chi connectivity index (χ3n) is 5.98.